The van der Waals surface area contributed by atoms with Crippen molar-refractivity contribution < 1.29 is 9.53 Å². The summed E-state index contributed by atoms with van der Waals surface area (Å²) in [5, 5.41) is 6.85. The monoisotopic (exact) mass is 388 g/mol. The molecule has 0 unspecified atom stereocenters. The van der Waals surface area contributed by atoms with Crippen molar-refractivity contribution in [2.24, 2.45) is 0 Å². The SMILES string of the molecule is CCOC(=O)c1cccc(NC(=S)NCCCSCc2ccccc2)c1. The molecule has 0 bridgehead atoms. The highest BCUT2D eigenvalue weighted by molar-refractivity contribution is 7.98. The van der Waals surface area contributed by atoms with E-state index in [0.29, 0.717) is 17.3 Å². The third-order valence-electron chi connectivity index (χ3n) is 3.49. The van der Waals surface area contributed by atoms with Crippen LogP contribution >= 0.6 is 24.0 Å². The second-order valence-electron chi connectivity index (χ2n) is 5.57. The predicted molar refractivity (Wildman–Crippen MR) is 114 cm³/mol. The maximum atomic E-state index is 11.8. The number of thiocarbonyl (C=S) groups is 1. The van der Waals surface area contributed by atoms with Crippen LogP contribution in [0.3, 0.4) is 0 Å². The lowest BCUT2D eigenvalue weighted by Gasteiger charge is -2.11. The van der Waals surface area contributed by atoms with Crippen molar-refractivity contribution in [1.29, 1.82) is 0 Å². The molecule has 0 spiro atoms. The van der Waals surface area contributed by atoms with Gasteiger partial charge < -0.3 is 15.4 Å². The average molecular weight is 389 g/mol. The van der Waals surface area contributed by atoms with Crippen molar-refractivity contribution in [2.75, 3.05) is 24.2 Å². The molecule has 0 saturated carbocycles. The lowest BCUT2D eigenvalue weighted by molar-refractivity contribution is 0.0526. The first kappa shape index (κ1) is 20.3. The molecule has 0 saturated heterocycles. The molecular formula is C20H24N2O2S2. The zero-order valence-corrected chi connectivity index (χ0v) is 16.5. The topological polar surface area (TPSA) is 50.4 Å². The molecule has 0 aliphatic carbocycles. The number of rotatable bonds is 9. The highest BCUT2D eigenvalue weighted by Gasteiger charge is 2.07. The van der Waals surface area contributed by atoms with Crippen LogP contribution in [0.5, 0.6) is 0 Å². The fraction of sp³-hybridized carbons (Fsp3) is 0.300. The molecule has 0 heterocycles. The van der Waals surface area contributed by atoms with Gasteiger partial charge in [-0.2, -0.15) is 11.8 Å². The Morgan fingerprint density at radius 1 is 1.15 bits per heavy atom. The summed E-state index contributed by atoms with van der Waals surface area (Å²) in [4.78, 5) is 11.8. The zero-order valence-electron chi connectivity index (χ0n) is 14.9. The molecule has 0 aliphatic heterocycles. The van der Waals surface area contributed by atoms with E-state index in [1.54, 1.807) is 25.1 Å². The molecule has 0 radical (unpaired) electrons. The van der Waals surface area contributed by atoms with Crippen LogP contribution in [0.15, 0.2) is 54.6 Å². The third kappa shape index (κ3) is 7.45. The minimum absolute atomic E-state index is 0.328. The number of benzene rings is 2. The van der Waals surface area contributed by atoms with Gasteiger partial charge in [-0.25, -0.2) is 4.79 Å². The van der Waals surface area contributed by atoms with Crippen LogP contribution in [-0.4, -0.2) is 30.0 Å². The van der Waals surface area contributed by atoms with E-state index < -0.39 is 0 Å². The molecular weight excluding hydrogens is 364 g/mol. The summed E-state index contributed by atoms with van der Waals surface area (Å²) < 4.78 is 5.00. The first-order valence-corrected chi connectivity index (χ1v) is 10.2. The summed E-state index contributed by atoms with van der Waals surface area (Å²) in [6, 6.07) is 17.6. The van der Waals surface area contributed by atoms with Gasteiger partial charge in [-0.1, -0.05) is 36.4 Å². The Morgan fingerprint density at radius 3 is 2.73 bits per heavy atom. The maximum Gasteiger partial charge on any atom is 0.338 e. The van der Waals surface area contributed by atoms with Crippen molar-refractivity contribution in [1.82, 2.24) is 5.32 Å². The zero-order chi connectivity index (χ0) is 18.6. The molecule has 26 heavy (non-hydrogen) atoms. The summed E-state index contributed by atoms with van der Waals surface area (Å²) in [7, 11) is 0. The first-order chi connectivity index (χ1) is 12.7. The standard InChI is InChI=1S/C20H24N2O2S2/c1-2-24-19(23)17-10-6-11-18(14-17)22-20(25)21-12-7-13-26-15-16-8-4-3-5-9-16/h3-6,8-11,14H,2,7,12-13,15H2,1H3,(H2,21,22,25). The van der Waals surface area contributed by atoms with Crippen LogP contribution in [0.1, 0.15) is 29.3 Å². The molecule has 6 heteroatoms. The Kier molecular flexibility index (Phi) is 9.00. The molecule has 0 aliphatic rings. The first-order valence-electron chi connectivity index (χ1n) is 8.62. The Balaban J connectivity index is 1.64. The van der Waals surface area contributed by atoms with Crippen LogP contribution in [0.2, 0.25) is 0 Å². The van der Waals surface area contributed by atoms with Gasteiger partial charge in [0.05, 0.1) is 12.2 Å². The molecule has 2 aromatic rings. The number of carbonyl (C=O) groups excluding carboxylic acids is 1. The number of carbonyl (C=O) groups is 1. The van der Waals surface area contributed by atoms with Crippen molar-refractivity contribution in [3.05, 3.63) is 65.7 Å². The maximum absolute atomic E-state index is 11.8. The van der Waals surface area contributed by atoms with E-state index in [4.69, 9.17) is 17.0 Å². The molecule has 0 atom stereocenters. The summed E-state index contributed by atoms with van der Waals surface area (Å²) in [6.45, 7) is 2.96. The summed E-state index contributed by atoms with van der Waals surface area (Å²) in [5.41, 5.74) is 2.63. The minimum Gasteiger partial charge on any atom is -0.462 e. The Labute approximate surface area is 164 Å². The van der Waals surface area contributed by atoms with Gasteiger partial charge in [0.25, 0.3) is 0 Å². The highest BCUT2D eigenvalue weighted by Crippen LogP contribution is 2.13. The number of ether oxygens (including phenoxy) is 1. The van der Waals surface area contributed by atoms with E-state index in [1.165, 1.54) is 5.56 Å². The van der Waals surface area contributed by atoms with Crippen molar-refractivity contribution in [3.8, 4) is 0 Å². The van der Waals surface area contributed by atoms with Gasteiger partial charge in [0, 0.05) is 18.0 Å². The van der Waals surface area contributed by atoms with E-state index >= 15 is 0 Å². The lowest BCUT2D eigenvalue weighted by atomic mass is 10.2. The van der Waals surface area contributed by atoms with E-state index in [1.807, 2.05) is 23.9 Å². The number of hydrogen-bond acceptors (Lipinski definition) is 4. The number of hydrogen-bond donors (Lipinski definition) is 2. The fourth-order valence-corrected chi connectivity index (χ4v) is 3.39. The molecule has 2 rings (SSSR count). The fourth-order valence-electron chi connectivity index (χ4n) is 2.25. The van der Waals surface area contributed by atoms with E-state index in [0.717, 1.165) is 30.2 Å². The Morgan fingerprint density at radius 2 is 1.96 bits per heavy atom. The summed E-state index contributed by atoms with van der Waals surface area (Å²) >= 11 is 7.22. The van der Waals surface area contributed by atoms with Gasteiger partial charge in [-0.15, -0.1) is 0 Å². The highest BCUT2D eigenvalue weighted by atomic mass is 32.2. The van der Waals surface area contributed by atoms with Crippen LogP contribution in [0, 0.1) is 0 Å². The number of esters is 1. The van der Waals surface area contributed by atoms with Gasteiger partial charge in [0.1, 0.15) is 0 Å². The summed E-state index contributed by atoms with van der Waals surface area (Å²) in [6.07, 6.45) is 1.03. The van der Waals surface area contributed by atoms with Crippen LogP contribution in [-0.2, 0) is 10.5 Å². The molecule has 0 amide bonds. The lowest BCUT2D eigenvalue weighted by Crippen LogP contribution is -2.29. The molecule has 0 aromatic heterocycles. The van der Waals surface area contributed by atoms with E-state index in [-0.39, 0.29) is 5.97 Å². The van der Waals surface area contributed by atoms with Crippen LogP contribution in [0.4, 0.5) is 5.69 Å². The van der Waals surface area contributed by atoms with Crippen LogP contribution < -0.4 is 10.6 Å². The second kappa shape index (κ2) is 11.5. The van der Waals surface area contributed by atoms with Crippen LogP contribution in [0.25, 0.3) is 0 Å². The predicted octanol–water partition coefficient (Wildman–Crippen LogP) is 4.47. The van der Waals surface area contributed by atoms with Gasteiger partial charge in [0.2, 0.25) is 0 Å². The minimum atomic E-state index is -0.328. The van der Waals surface area contributed by atoms with Crippen molar-refractivity contribution >= 4 is 40.7 Å². The van der Waals surface area contributed by atoms with E-state index in [2.05, 4.69) is 34.9 Å². The number of anilines is 1. The average Bonchev–Trinajstić information content (AvgIpc) is 2.66. The number of thioether (sulfide) groups is 1. The molecule has 138 valence electrons. The molecule has 0 fully saturated rings. The normalized spacial score (nSPS) is 10.2. The second-order valence-corrected chi connectivity index (χ2v) is 7.09. The molecule has 2 N–H and O–H groups in total. The summed E-state index contributed by atoms with van der Waals surface area (Å²) in [5.74, 6) is 1.78. The van der Waals surface area contributed by atoms with Gasteiger partial charge in [-0.3, -0.25) is 0 Å². The van der Waals surface area contributed by atoms with Gasteiger partial charge in [-0.05, 0) is 55.1 Å². The van der Waals surface area contributed by atoms with Crippen molar-refractivity contribution in [3.63, 3.8) is 0 Å². The molecule has 2 aromatic carbocycles. The molecule has 4 nitrogen and oxygen atoms in total. The van der Waals surface area contributed by atoms with E-state index in [9.17, 15) is 4.79 Å². The Hall–Kier alpha value is -2.05. The quantitative estimate of drug-likeness (QED) is 0.375. The largest absolute Gasteiger partial charge is 0.462 e. The Bertz CT molecular complexity index is 708. The van der Waals surface area contributed by atoms with Gasteiger partial charge >= 0.3 is 5.97 Å². The van der Waals surface area contributed by atoms with Crippen molar-refractivity contribution in [2.45, 2.75) is 19.1 Å². The smallest absolute Gasteiger partial charge is 0.338 e. The third-order valence-corrected chi connectivity index (χ3v) is 4.86. The van der Waals surface area contributed by atoms with Gasteiger partial charge in [0.15, 0.2) is 5.11 Å². The number of nitrogens with one attached hydrogen (secondary N) is 2.